The van der Waals surface area contributed by atoms with Gasteiger partial charge in [-0.05, 0) is 50.3 Å². The number of rotatable bonds is 0. The van der Waals surface area contributed by atoms with E-state index in [4.69, 9.17) is 0 Å². The third-order valence-electron chi connectivity index (χ3n) is 3.25. The summed E-state index contributed by atoms with van der Waals surface area (Å²) in [4.78, 5) is 3.54. The summed E-state index contributed by atoms with van der Waals surface area (Å²) >= 11 is 0. The zero-order valence-corrected chi connectivity index (χ0v) is 8.56. The van der Waals surface area contributed by atoms with Crippen molar-refractivity contribution < 1.29 is 0 Å². The molecule has 1 N–H and O–H groups in total. The average molecular weight is 185 g/mol. The Morgan fingerprint density at radius 2 is 2.00 bits per heavy atom. The van der Waals surface area contributed by atoms with Crippen molar-refractivity contribution in [1.29, 1.82) is 0 Å². The molecule has 0 unspecified atom stereocenters. The van der Waals surface area contributed by atoms with Crippen LogP contribution >= 0.6 is 0 Å². The van der Waals surface area contributed by atoms with Gasteiger partial charge in [0.2, 0.25) is 0 Å². The van der Waals surface area contributed by atoms with Crippen molar-refractivity contribution in [3.05, 3.63) is 35.0 Å². The fourth-order valence-electron chi connectivity index (χ4n) is 2.52. The number of hydrogen-bond acceptors (Lipinski definition) is 0. The molecule has 0 atom stereocenters. The Balaban J connectivity index is 2.32. The first-order chi connectivity index (χ1) is 6.84. The van der Waals surface area contributed by atoms with E-state index < -0.39 is 0 Å². The van der Waals surface area contributed by atoms with E-state index in [0.717, 1.165) is 0 Å². The third-order valence-corrected chi connectivity index (χ3v) is 3.25. The molecule has 0 amide bonds. The van der Waals surface area contributed by atoms with Crippen LogP contribution in [-0.4, -0.2) is 4.98 Å². The molecule has 0 bridgehead atoms. The maximum absolute atomic E-state index is 3.54. The van der Waals surface area contributed by atoms with E-state index in [1.165, 1.54) is 47.8 Å². The molecule has 1 aliphatic rings. The molecule has 3 rings (SSSR count). The van der Waals surface area contributed by atoms with E-state index in [0.29, 0.717) is 0 Å². The van der Waals surface area contributed by atoms with Gasteiger partial charge in [-0.3, -0.25) is 0 Å². The van der Waals surface area contributed by atoms with Crippen molar-refractivity contribution >= 4 is 10.9 Å². The zero-order chi connectivity index (χ0) is 9.54. The van der Waals surface area contributed by atoms with E-state index >= 15 is 0 Å². The van der Waals surface area contributed by atoms with Gasteiger partial charge in [-0.15, -0.1) is 0 Å². The van der Waals surface area contributed by atoms with Gasteiger partial charge in [-0.25, -0.2) is 0 Å². The maximum atomic E-state index is 3.54. The SMILES string of the molecule is Cc1ccc2[nH]c3c(c2c1)CCCC3. The first-order valence-electron chi connectivity index (χ1n) is 5.45. The van der Waals surface area contributed by atoms with Crippen LogP contribution in [0.4, 0.5) is 0 Å². The lowest BCUT2D eigenvalue weighted by Crippen LogP contribution is -1.99. The second-order valence-corrected chi connectivity index (χ2v) is 4.34. The quantitative estimate of drug-likeness (QED) is 0.647. The monoisotopic (exact) mass is 185 g/mol. The molecule has 0 spiro atoms. The highest BCUT2D eigenvalue weighted by Gasteiger charge is 2.14. The Morgan fingerprint density at radius 1 is 1.14 bits per heavy atom. The number of hydrogen-bond donors (Lipinski definition) is 1. The maximum Gasteiger partial charge on any atom is 0.0459 e. The lowest BCUT2D eigenvalue weighted by Gasteiger charge is -2.10. The largest absolute Gasteiger partial charge is 0.358 e. The van der Waals surface area contributed by atoms with Crippen molar-refractivity contribution in [3.8, 4) is 0 Å². The van der Waals surface area contributed by atoms with Crippen LogP contribution in [0.25, 0.3) is 10.9 Å². The lowest BCUT2D eigenvalue weighted by molar-refractivity contribution is 0.680. The van der Waals surface area contributed by atoms with Gasteiger partial charge in [0.15, 0.2) is 0 Å². The molecule has 1 aromatic heterocycles. The van der Waals surface area contributed by atoms with Crippen molar-refractivity contribution in [1.82, 2.24) is 4.98 Å². The van der Waals surface area contributed by atoms with E-state index in [1.54, 1.807) is 5.56 Å². The highest BCUT2D eigenvalue weighted by Crippen LogP contribution is 2.29. The topological polar surface area (TPSA) is 15.8 Å². The van der Waals surface area contributed by atoms with Gasteiger partial charge in [-0.1, -0.05) is 11.6 Å². The number of fused-ring (bicyclic) bond motifs is 3. The minimum atomic E-state index is 1.24. The van der Waals surface area contributed by atoms with Gasteiger partial charge in [-0.2, -0.15) is 0 Å². The number of aromatic amines is 1. The number of aryl methyl sites for hydroxylation is 3. The smallest absolute Gasteiger partial charge is 0.0459 e. The summed E-state index contributed by atoms with van der Waals surface area (Å²) in [5.41, 5.74) is 5.75. The summed E-state index contributed by atoms with van der Waals surface area (Å²) < 4.78 is 0. The van der Waals surface area contributed by atoms with Crippen LogP contribution in [0.15, 0.2) is 18.2 Å². The van der Waals surface area contributed by atoms with Gasteiger partial charge in [0.25, 0.3) is 0 Å². The normalized spacial score (nSPS) is 15.8. The van der Waals surface area contributed by atoms with Gasteiger partial charge < -0.3 is 4.98 Å². The Labute approximate surface area is 84.1 Å². The summed E-state index contributed by atoms with van der Waals surface area (Å²) in [5, 5.41) is 1.46. The van der Waals surface area contributed by atoms with Gasteiger partial charge >= 0.3 is 0 Å². The van der Waals surface area contributed by atoms with Crippen LogP contribution in [0.2, 0.25) is 0 Å². The number of aromatic nitrogens is 1. The number of nitrogens with one attached hydrogen (secondary N) is 1. The van der Waals surface area contributed by atoms with Crippen molar-refractivity contribution in [3.63, 3.8) is 0 Å². The lowest BCUT2D eigenvalue weighted by atomic mass is 9.95. The predicted octanol–water partition coefficient (Wildman–Crippen LogP) is 3.36. The standard InChI is InChI=1S/C13H15N/c1-9-6-7-13-11(8-9)10-4-2-3-5-12(10)14-13/h6-8,14H,2-5H2,1H3. The summed E-state index contributed by atoms with van der Waals surface area (Å²) in [6.45, 7) is 2.17. The summed E-state index contributed by atoms with van der Waals surface area (Å²) in [7, 11) is 0. The second kappa shape index (κ2) is 2.88. The van der Waals surface area contributed by atoms with E-state index in [9.17, 15) is 0 Å². The molecule has 1 aliphatic carbocycles. The van der Waals surface area contributed by atoms with E-state index in [2.05, 4.69) is 30.1 Å². The summed E-state index contributed by atoms with van der Waals surface area (Å²) in [6, 6.07) is 6.71. The van der Waals surface area contributed by atoms with E-state index in [-0.39, 0.29) is 0 Å². The molecule has 1 heteroatoms. The summed E-state index contributed by atoms with van der Waals surface area (Å²) in [5.74, 6) is 0. The minimum Gasteiger partial charge on any atom is -0.358 e. The Hall–Kier alpha value is -1.24. The highest BCUT2D eigenvalue weighted by atomic mass is 14.7. The molecule has 1 nitrogen and oxygen atoms in total. The molecule has 1 heterocycles. The van der Waals surface area contributed by atoms with Gasteiger partial charge in [0.05, 0.1) is 0 Å². The molecule has 0 saturated carbocycles. The van der Waals surface area contributed by atoms with Crippen LogP contribution in [0.3, 0.4) is 0 Å². The molecule has 72 valence electrons. The van der Waals surface area contributed by atoms with Crippen LogP contribution in [0.5, 0.6) is 0 Å². The fraction of sp³-hybridized carbons (Fsp3) is 0.385. The van der Waals surface area contributed by atoms with Crippen molar-refractivity contribution in [2.45, 2.75) is 32.6 Å². The minimum absolute atomic E-state index is 1.24. The number of H-pyrrole nitrogens is 1. The zero-order valence-electron chi connectivity index (χ0n) is 8.56. The molecule has 2 aromatic rings. The van der Waals surface area contributed by atoms with Crippen LogP contribution in [0.1, 0.15) is 29.7 Å². The van der Waals surface area contributed by atoms with E-state index in [1.807, 2.05) is 0 Å². The Kier molecular flexibility index (Phi) is 1.66. The third kappa shape index (κ3) is 1.08. The van der Waals surface area contributed by atoms with Crippen LogP contribution in [0, 0.1) is 6.92 Å². The molecule has 1 aromatic carbocycles. The molecule has 0 saturated heterocycles. The average Bonchev–Trinajstić information content (AvgIpc) is 2.56. The molecule has 0 radical (unpaired) electrons. The highest BCUT2D eigenvalue weighted by molar-refractivity contribution is 5.85. The van der Waals surface area contributed by atoms with Crippen molar-refractivity contribution in [2.75, 3.05) is 0 Å². The molecule has 0 fully saturated rings. The second-order valence-electron chi connectivity index (χ2n) is 4.34. The number of benzene rings is 1. The van der Waals surface area contributed by atoms with Gasteiger partial charge in [0, 0.05) is 16.6 Å². The van der Waals surface area contributed by atoms with Crippen LogP contribution < -0.4 is 0 Å². The van der Waals surface area contributed by atoms with Crippen LogP contribution in [-0.2, 0) is 12.8 Å². The molecule has 14 heavy (non-hydrogen) atoms. The Morgan fingerprint density at radius 3 is 2.93 bits per heavy atom. The van der Waals surface area contributed by atoms with Gasteiger partial charge in [0.1, 0.15) is 0 Å². The first kappa shape index (κ1) is 8.10. The Bertz CT molecular complexity index is 479. The fourth-order valence-corrected chi connectivity index (χ4v) is 2.52. The first-order valence-corrected chi connectivity index (χ1v) is 5.45. The van der Waals surface area contributed by atoms with Crippen molar-refractivity contribution in [2.24, 2.45) is 0 Å². The molecular formula is C13H15N. The molecular weight excluding hydrogens is 170 g/mol. The predicted molar refractivity (Wildman–Crippen MR) is 59.7 cm³/mol. The summed E-state index contributed by atoms with van der Waals surface area (Å²) in [6.07, 6.45) is 5.20. The molecule has 0 aliphatic heterocycles.